The Hall–Kier alpha value is -7.21. The molecule has 0 saturated carbocycles. The van der Waals surface area contributed by atoms with Crippen LogP contribution in [-0.2, 0) is 0 Å². The van der Waals surface area contributed by atoms with E-state index in [0.29, 0.717) is 0 Å². The summed E-state index contributed by atoms with van der Waals surface area (Å²) < 4.78 is 8.66. The number of aromatic nitrogens is 1. The average Bonchev–Trinajstić information content (AvgIpc) is 3.80. The monoisotopic (exact) mass is 718 g/mol. The highest BCUT2D eigenvalue weighted by molar-refractivity contribution is 6.15. The molecule has 0 fully saturated rings. The van der Waals surface area contributed by atoms with E-state index in [-0.39, 0.29) is 12.3 Å². The van der Waals surface area contributed by atoms with Crippen LogP contribution < -0.4 is 10.6 Å². The zero-order valence-electron chi connectivity index (χ0n) is 30.3. The van der Waals surface area contributed by atoms with Crippen LogP contribution in [0.25, 0.3) is 81.7 Å². The minimum absolute atomic E-state index is 0.222. The lowest BCUT2D eigenvalue weighted by molar-refractivity contribution is 0.413. The van der Waals surface area contributed by atoms with Crippen LogP contribution in [0.2, 0.25) is 0 Å². The van der Waals surface area contributed by atoms with Crippen LogP contribution >= 0.6 is 0 Å². The minimum Gasteiger partial charge on any atom is -0.456 e. The zero-order chi connectivity index (χ0) is 36.7. The van der Waals surface area contributed by atoms with E-state index in [4.69, 9.17) is 9.41 Å². The molecule has 0 aliphatic carbocycles. The van der Waals surface area contributed by atoms with Crippen LogP contribution in [0.4, 0.5) is 0 Å². The summed E-state index contributed by atoms with van der Waals surface area (Å²) in [4.78, 5) is 5.55. The van der Waals surface area contributed by atoms with E-state index in [1.165, 1.54) is 54.2 Å². The van der Waals surface area contributed by atoms with E-state index in [1.807, 2.05) is 12.1 Å². The van der Waals surface area contributed by atoms with Gasteiger partial charge in [-0.2, -0.15) is 0 Å². The Morgan fingerprint density at radius 1 is 0.464 bits per heavy atom. The van der Waals surface area contributed by atoms with Crippen LogP contribution in [-0.4, -0.2) is 10.4 Å². The van der Waals surface area contributed by atoms with Crippen LogP contribution in [0.3, 0.4) is 0 Å². The van der Waals surface area contributed by atoms with E-state index < -0.39 is 0 Å². The number of benzene rings is 9. The highest BCUT2D eigenvalue weighted by Gasteiger charge is 2.29. The fourth-order valence-electron chi connectivity index (χ4n) is 9.00. The molecule has 2 N–H and O–H groups in total. The molecule has 5 heteroatoms. The molecule has 0 spiro atoms. The molecule has 0 bridgehead atoms. The molecule has 1 aliphatic rings. The van der Waals surface area contributed by atoms with Gasteiger partial charge in [-0.25, -0.2) is 4.99 Å². The van der Waals surface area contributed by atoms with Crippen molar-refractivity contribution >= 4 is 81.9 Å². The number of hydrogen-bond donors (Lipinski definition) is 2. The molecule has 2 aromatic heterocycles. The predicted molar refractivity (Wildman–Crippen MR) is 232 cm³/mol. The molecular weight excluding hydrogens is 685 g/mol. The van der Waals surface area contributed by atoms with Crippen molar-refractivity contribution in [3.05, 3.63) is 199 Å². The summed E-state index contributed by atoms with van der Waals surface area (Å²) in [6, 6.07) is 65.2. The number of aliphatic imine (C=N–C) groups is 1. The first-order valence-corrected chi connectivity index (χ1v) is 19.2. The van der Waals surface area contributed by atoms with E-state index in [1.54, 1.807) is 0 Å². The summed E-state index contributed by atoms with van der Waals surface area (Å²) in [6.45, 7) is 0. The Balaban J connectivity index is 1.11. The molecule has 9 aromatic carbocycles. The standard InChI is InChI=1S/C51H34N4O/c1-2-13-33-27-37(25-23-31(33)11-1)55-44-21-10-20-41(48(44)43-28-34-14-3-4-15-35(34)30-45(43)55)51-53-49(36-24-26-47-42(29-36)39-18-7-8-22-46(39)56-47)52-50(54-51)40-19-9-16-32-12-5-6-17-38(32)40/h1-30,50-51,54H,(H,52,53). The second-order valence-electron chi connectivity index (χ2n) is 14.8. The lowest BCUT2D eigenvalue weighted by atomic mass is 9.98. The molecule has 0 radical (unpaired) electrons. The highest BCUT2D eigenvalue weighted by atomic mass is 16.3. The van der Waals surface area contributed by atoms with Gasteiger partial charge in [-0.05, 0) is 92.5 Å². The summed E-state index contributed by atoms with van der Waals surface area (Å²) in [7, 11) is 0. The van der Waals surface area contributed by atoms with Crippen molar-refractivity contribution in [2.45, 2.75) is 12.3 Å². The zero-order valence-corrected chi connectivity index (χ0v) is 30.3. The van der Waals surface area contributed by atoms with Crippen LogP contribution in [0.15, 0.2) is 191 Å². The van der Waals surface area contributed by atoms with Crippen molar-refractivity contribution in [3.8, 4) is 5.69 Å². The van der Waals surface area contributed by atoms with E-state index in [2.05, 4.69) is 185 Å². The quantitative estimate of drug-likeness (QED) is 0.190. The summed E-state index contributed by atoms with van der Waals surface area (Å²) in [5.41, 5.74) is 8.51. The average molecular weight is 719 g/mol. The Morgan fingerprint density at radius 2 is 1.14 bits per heavy atom. The van der Waals surface area contributed by atoms with Gasteiger partial charge in [-0.3, -0.25) is 5.32 Å². The third-order valence-electron chi connectivity index (χ3n) is 11.6. The van der Waals surface area contributed by atoms with Gasteiger partial charge in [-0.1, -0.05) is 127 Å². The third-order valence-corrected chi connectivity index (χ3v) is 11.6. The summed E-state index contributed by atoms with van der Waals surface area (Å²) in [5.74, 6) is 0.833. The van der Waals surface area contributed by atoms with Crippen molar-refractivity contribution in [2.24, 2.45) is 4.99 Å². The first-order chi connectivity index (χ1) is 27.7. The Bertz CT molecular complexity index is 3400. The van der Waals surface area contributed by atoms with Gasteiger partial charge >= 0.3 is 0 Å². The number of para-hydroxylation sites is 1. The Morgan fingerprint density at radius 3 is 2.02 bits per heavy atom. The van der Waals surface area contributed by atoms with Gasteiger partial charge < -0.3 is 14.3 Å². The summed E-state index contributed by atoms with van der Waals surface area (Å²) in [6.07, 6.45) is -0.585. The van der Waals surface area contributed by atoms with Crippen molar-refractivity contribution in [1.29, 1.82) is 0 Å². The van der Waals surface area contributed by atoms with Gasteiger partial charge in [0.1, 0.15) is 29.3 Å². The molecule has 12 rings (SSSR count). The number of furan rings is 1. The predicted octanol–water partition coefficient (Wildman–Crippen LogP) is 12.5. The van der Waals surface area contributed by atoms with Gasteiger partial charge in [0, 0.05) is 38.4 Å². The number of fused-ring (bicyclic) bond motifs is 9. The fraction of sp³-hybridized carbons (Fsp3) is 0.0392. The molecule has 0 saturated heterocycles. The molecule has 2 unspecified atom stereocenters. The normalized spacial score (nSPS) is 16.0. The number of rotatable bonds is 4. The highest BCUT2D eigenvalue weighted by Crippen LogP contribution is 2.41. The second kappa shape index (κ2) is 12.2. The Labute approximate surface area is 322 Å². The maximum atomic E-state index is 6.23. The van der Waals surface area contributed by atoms with Crippen molar-refractivity contribution in [2.75, 3.05) is 0 Å². The molecule has 1 aliphatic heterocycles. The molecule has 264 valence electrons. The largest absolute Gasteiger partial charge is 0.456 e. The molecular formula is C51H34N4O. The fourth-order valence-corrected chi connectivity index (χ4v) is 9.00. The van der Waals surface area contributed by atoms with Gasteiger partial charge in [0.25, 0.3) is 0 Å². The molecule has 0 amide bonds. The van der Waals surface area contributed by atoms with Crippen molar-refractivity contribution in [3.63, 3.8) is 0 Å². The van der Waals surface area contributed by atoms with Gasteiger partial charge in [0.15, 0.2) is 0 Å². The summed E-state index contributed by atoms with van der Waals surface area (Å²) in [5, 5.41) is 19.7. The lowest BCUT2D eigenvalue weighted by Gasteiger charge is -2.33. The Kier molecular flexibility index (Phi) is 6.76. The molecule has 11 aromatic rings. The third kappa shape index (κ3) is 4.81. The van der Waals surface area contributed by atoms with Gasteiger partial charge in [0.2, 0.25) is 0 Å². The molecule has 56 heavy (non-hydrogen) atoms. The molecule has 3 heterocycles. The second-order valence-corrected chi connectivity index (χ2v) is 14.8. The maximum absolute atomic E-state index is 6.23. The van der Waals surface area contributed by atoms with Crippen molar-refractivity contribution < 1.29 is 4.42 Å². The number of hydrogen-bond acceptors (Lipinski definition) is 4. The van der Waals surface area contributed by atoms with Crippen LogP contribution in [0.5, 0.6) is 0 Å². The molecule has 2 atom stereocenters. The van der Waals surface area contributed by atoms with Gasteiger partial charge in [-0.15, -0.1) is 0 Å². The van der Waals surface area contributed by atoms with Crippen LogP contribution in [0.1, 0.15) is 29.0 Å². The molecule has 5 nitrogen and oxygen atoms in total. The first-order valence-electron chi connectivity index (χ1n) is 19.2. The van der Waals surface area contributed by atoms with E-state index in [9.17, 15) is 0 Å². The SMILES string of the molecule is c1ccc2cc(-n3c4cc5ccccc5cc4c4c(C5N=C(c6ccc7oc8ccccc8c7c6)NC(c6cccc7ccccc67)N5)cccc43)ccc2c1. The lowest BCUT2D eigenvalue weighted by Crippen LogP contribution is -2.45. The topological polar surface area (TPSA) is 54.5 Å². The van der Waals surface area contributed by atoms with Crippen LogP contribution in [0, 0.1) is 0 Å². The number of nitrogens with one attached hydrogen (secondary N) is 2. The van der Waals surface area contributed by atoms with E-state index >= 15 is 0 Å². The van der Waals surface area contributed by atoms with E-state index in [0.717, 1.165) is 50.1 Å². The number of amidine groups is 1. The van der Waals surface area contributed by atoms with Crippen molar-refractivity contribution in [1.82, 2.24) is 15.2 Å². The first kappa shape index (κ1) is 31.2. The number of nitrogens with zero attached hydrogens (tertiary/aromatic N) is 2. The smallest absolute Gasteiger partial charge is 0.135 e. The minimum atomic E-state index is -0.363. The maximum Gasteiger partial charge on any atom is 0.135 e. The summed E-state index contributed by atoms with van der Waals surface area (Å²) >= 11 is 0. The van der Waals surface area contributed by atoms with Gasteiger partial charge in [0.05, 0.1) is 11.0 Å².